The van der Waals surface area contributed by atoms with E-state index in [0.717, 1.165) is 47.4 Å². The average Bonchev–Trinajstić information content (AvgIpc) is 3.19. The Bertz CT molecular complexity index is 1160. The van der Waals surface area contributed by atoms with Crippen molar-refractivity contribution < 1.29 is 37.7 Å². The molecule has 0 amide bonds. The molecule has 2 heterocycles. The third-order valence-corrected chi connectivity index (χ3v) is 5.80. The van der Waals surface area contributed by atoms with Crippen LogP contribution < -0.4 is 38.2 Å². The fraction of sp³-hybridized carbons (Fsp3) is 0.320. The number of hydrogen-bond donors (Lipinski definition) is 0. The SMILES string of the molecule is CCN1C(=CC=Cc2oc3cc(C)c(C)cc3[n+]2CC)Oc2cc(C)c(C)cc21.[I-]. The van der Waals surface area contributed by atoms with E-state index in [-0.39, 0.29) is 24.0 Å². The van der Waals surface area contributed by atoms with Gasteiger partial charge in [0.2, 0.25) is 11.5 Å². The molecule has 1 aliphatic heterocycles. The van der Waals surface area contributed by atoms with Crippen molar-refractivity contribution in [3.8, 4) is 5.75 Å². The number of rotatable bonds is 4. The number of aryl methyl sites for hydroxylation is 5. The molecule has 4 nitrogen and oxygen atoms in total. The van der Waals surface area contributed by atoms with Crippen molar-refractivity contribution in [2.75, 3.05) is 11.4 Å². The van der Waals surface area contributed by atoms with Crippen LogP contribution in [0.4, 0.5) is 5.69 Å². The van der Waals surface area contributed by atoms with Gasteiger partial charge in [-0.15, -0.1) is 0 Å². The van der Waals surface area contributed by atoms with Crippen molar-refractivity contribution in [2.45, 2.75) is 48.1 Å². The number of benzene rings is 2. The number of hydrogen-bond acceptors (Lipinski definition) is 3. The van der Waals surface area contributed by atoms with Crippen molar-refractivity contribution in [1.82, 2.24) is 0 Å². The Morgan fingerprint density at radius 3 is 2.30 bits per heavy atom. The molecule has 5 heteroatoms. The van der Waals surface area contributed by atoms with Crippen LogP contribution in [0, 0.1) is 27.7 Å². The summed E-state index contributed by atoms with van der Waals surface area (Å²) in [6, 6.07) is 8.64. The highest BCUT2D eigenvalue weighted by atomic mass is 127. The molecule has 0 spiro atoms. The minimum absolute atomic E-state index is 0. The van der Waals surface area contributed by atoms with Crippen molar-refractivity contribution in [1.29, 1.82) is 0 Å². The van der Waals surface area contributed by atoms with Crippen molar-refractivity contribution in [3.63, 3.8) is 0 Å². The standard InChI is InChI=1S/C25H29N2O2.HI/c1-7-26-20-12-16(3)18(5)14-22(20)28-24(26)10-9-11-25-27(8-2)21-13-17(4)19(6)15-23(21)29-25;/h9-15H,7-8H2,1-6H3;1H/q+1;/p-1. The van der Waals surface area contributed by atoms with Crippen LogP contribution >= 0.6 is 0 Å². The second-order valence-corrected chi connectivity index (χ2v) is 7.70. The largest absolute Gasteiger partial charge is 1.00 e. The summed E-state index contributed by atoms with van der Waals surface area (Å²) in [5.74, 6) is 2.61. The van der Waals surface area contributed by atoms with Crippen LogP contribution in [0.25, 0.3) is 17.2 Å². The zero-order valence-corrected chi connectivity index (χ0v) is 20.7. The van der Waals surface area contributed by atoms with Gasteiger partial charge in [0.15, 0.2) is 5.75 Å². The van der Waals surface area contributed by atoms with Crippen molar-refractivity contribution >= 4 is 22.9 Å². The summed E-state index contributed by atoms with van der Waals surface area (Å²) >= 11 is 0. The Labute approximate surface area is 195 Å². The molecule has 0 aliphatic carbocycles. The van der Waals surface area contributed by atoms with Crippen molar-refractivity contribution in [2.24, 2.45) is 0 Å². The first-order chi connectivity index (χ1) is 13.9. The summed E-state index contributed by atoms with van der Waals surface area (Å²) in [4.78, 5) is 2.20. The van der Waals surface area contributed by atoms with E-state index in [1.807, 2.05) is 18.2 Å². The van der Waals surface area contributed by atoms with Gasteiger partial charge in [0.1, 0.15) is 6.54 Å². The molecule has 0 radical (unpaired) electrons. The molecule has 0 atom stereocenters. The maximum atomic E-state index is 6.13. The predicted octanol–water partition coefficient (Wildman–Crippen LogP) is 2.75. The van der Waals surface area contributed by atoms with Gasteiger partial charge >= 0.3 is 5.89 Å². The second-order valence-electron chi connectivity index (χ2n) is 7.70. The van der Waals surface area contributed by atoms with Crippen LogP contribution in [0.15, 0.2) is 46.7 Å². The second kappa shape index (κ2) is 8.84. The molecule has 3 aromatic rings. The Morgan fingerprint density at radius 2 is 1.60 bits per heavy atom. The predicted molar refractivity (Wildman–Crippen MR) is 118 cm³/mol. The first-order valence-electron chi connectivity index (χ1n) is 10.3. The van der Waals surface area contributed by atoms with Gasteiger partial charge in [-0.2, -0.15) is 4.57 Å². The summed E-state index contributed by atoms with van der Waals surface area (Å²) in [6.45, 7) is 14.5. The number of anilines is 1. The van der Waals surface area contributed by atoms with Gasteiger partial charge in [-0.25, -0.2) is 0 Å². The molecule has 0 unspecified atom stereocenters. The molecule has 30 heavy (non-hydrogen) atoms. The number of aromatic nitrogens is 1. The minimum atomic E-state index is 0. The van der Waals surface area contributed by atoms with E-state index in [2.05, 4.69) is 75.3 Å². The van der Waals surface area contributed by atoms with E-state index >= 15 is 0 Å². The topological polar surface area (TPSA) is 29.5 Å². The Morgan fingerprint density at radius 1 is 0.933 bits per heavy atom. The minimum Gasteiger partial charge on any atom is -1.00 e. The summed E-state index contributed by atoms with van der Waals surface area (Å²) < 4.78 is 14.5. The molecule has 2 aromatic carbocycles. The first-order valence-corrected chi connectivity index (χ1v) is 10.3. The highest BCUT2D eigenvalue weighted by Crippen LogP contribution is 2.40. The van der Waals surface area contributed by atoms with Gasteiger partial charge < -0.3 is 38.0 Å². The summed E-state index contributed by atoms with van der Waals surface area (Å²) in [5, 5.41) is 0. The number of allylic oxidation sites excluding steroid dienone is 2. The highest BCUT2D eigenvalue weighted by molar-refractivity contribution is 5.72. The summed E-state index contributed by atoms with van der Waals surface area (Å²) in [7, 11) is 0. The van der Waals surface area contributed by atoms with Gasteiger partial charge in [-0.3, -0.25) is 0 Å². The summed E-state index contributed by atoms with van der Waals surface area (Å²) in [5.41, 5.74) is 8.23. The third kappa shape index (κ3) is 3.87. The number of halogens is 1. The monoisotopic (exact) mass is 516 g/mol. The fourth-order valence-electron chi connectivity index (χ4n) is 3.82. The van der Waals surface area contributed by atoms with E-state index in [4.69, 9.17) is 9.15 Å². The van der Waals surface area contributed by atoms with E-state index in [1.54, 1.807) is 0 Å². The molecular weight excluding hydrogens is 487 g/mol. The molecule has 0 N–H and O–H groups in total. The van der Waals surface area contributed by atoms with Crippen LogP contribution in [0.1, 0.15) is 42.0 Å². The van der Waals surface area contributed by atoms with Crippen molar-refractivity contribution in [3.05, 3.63) is 70.4 Å². The van der Waals surface area contributed by atoms with Gasteiger partial charge in [-0.05, 0) is 94.1 Å². The maximum absolute atomic E-state index is 6.13. The maximum Gasteiger partial charge on any atom is 0.374 e. The zero-order chi connectivity index (χ0) is 20.7. The lowest BCUT2D eigenvalue weighted by molar-refractivity contribution is -0.674. The molecule has 0 saturated carbocycles. The number of nitrogens with zero attached hydrogens (tertiary/aromatic N) is 2. The van der Waals surface area contributed by atoms with Gasteiger partial charge in [0, 0.05) is 12.6 Å². The first kappa shape index (κ1) is 22.4. The normalized spacial score (nSPS) is 14.5. The third-order valence-electron chi connectivity index (χ3n) is 5.80. The molecule has 0 bridgehead atoms. The van der Waals surface area contributed by atoms with E-state index in [0.29, 0.717) is 0 Å². The lowest BCUT2D eigenvalue weighted by Crippen LogP contribution is -3.00. The molecule has 158 valence electrons. The number of ether oxygens (including phenoxy) is 1. The van der Waals surface area contributed by atoms with Gasteiger partial charge in [0.05, 0.1) is 11.8 Å². The molecule has 4 rings (SSSR count). The quantitative estimate of drug-likeness (QED) is 0.395. The molecule has 0 saturated heterocycles. The summed E-state index contributed by atoms with van der Waals surface area (Å²) in [6.07, 6.45) is 6.03. The van der Waals surface area contributed by atoms with Crippen LogP contribution in [0.2, 0.25) is 0 Å². The molecule has 0 fully saturated rings. The smallest absolute Gasteiger partial charge is 0.374 e. The lowest BCUT2D eigenvalue weighted by atomic mass is 10.1. The molecule has 1 aliphatic rings. The van der Waals surface area contributed by atoms with Crippen LogP contribution in [-0.2, 0) is 6.54 Å². The highest BCUT2D eigenvalue weighted by Gasteiger charge is 2.25. The van der Waals surface area contributed by atoms with Gasteiger partial charge in [0.25, 0.3) is 5.52 Å². The van der Waals surface area contributed by atoms with E-state index in [1.165, 1.54) is 22.3 Å². The number of oxazole rings is 1. The van der Waals surface area contributed by atoms with Crippen LogP contribution in [0.5, 0.6) is 5.75 Å². The Kier molecular flexibility index (Phi) is 6.60. The average molecular weight is 516 g/mol. The van der Waals surface area contributed by atoms with Crippen LogP contribution in [0.3, 0.4) is 0 Å². The molecular formula is C25H29IN2O2. The zero-order valence-electron chi connectivity index (χ0n) is 18.5. The van der Waals surface area contributed by atoms with E-state index in [9.17, 15) is 0 Å². The van der Waals surface area contributed by atoms with Crippen LogP contribution in [-0.4, -0.2) is 6.54 Å². The number of fused-ring (bicyclic) bond motifs is 2. The lowest BCUT2D eigenvalue weighted by Gasteiger charge is -2.15. The Hall–Kier alpha value is -2.28. The fourth-order valence-corrected chi connectivity index (χ4v) is 3.82. The van der Waals surface area contributed by atoms with E-state index < -0.39 is 0 Å². The molecule has 1 aromatic heterocycles. The van der Waals surface area contributed by atoms with Gasteiger partial charge in [-0.1, -0.05) is 0 Å². The Balaban J connectivity index is 0.00000256.